The summed E-state index contributed by atoms with van der Waals surface area (Å²) in [7, 11) is 0. The molecule has 4 N–H and O–H groups in total. The Balaban J connectivity index is 1.49. The summed E-state index contributed by atoms with van der Waals surface area (Å²) >= 11 is -0.172. The number of nitrogens with one attached hydrogen (secondary N) is 2. The minimum Gasteiger partial charge on any atom is -0.398 e. The van der Waals surface area contributed by atoms with Crippen LogP contribution in [0.2, 0.25) is 0 Å². The van der Waals surface area contributed by atoms with Crippen molar-refractivity contribution in [3.05, 3.63) is 82.1 Å². The summed E-state index contributed by atoms with van der Waals surface area (Å²) < 4.78 is 17.7. The zero-order chi connectivity index (χ0) is 21.7. The molecule has 0 fully saturated rings. The zero-order valence-electron chi connectivity index (χ0n) is 16.6. The van der Waals surface area contributed by atoms with Gasteiger partial charge in [-0.05, 0) is 55.1 Å². The van der Waals surface area contributed by atoms with Crippen LogP contribution >= 0.6 is 20.7 Å². The molecule has 6 nitrogen and oxygen atoms in total. The van der Waals surface area contributed by atoms with Crippen molar-refractivity contribution in [2.24, 2.45) is 5.73 Å². The number of aromatic amines is 2. The molecule has 8 heteroatoms. The van der Waals surface area contributed by atoms with Crippen molar-refractivity contribution in [1.82, 2.24) is 25.1 Å². The number of H-pyrrole nitrogens is 2. The Hall–Kier alpha value is -3.66. The van der Waals surface area contributed by atoms with E-state index < -0.39 is 0 Å². The highest BCUT2D eigenvalue weighted by Gasteiger charge is 2.16. The number of halogens is 2. The molecule has 1 aliphatic rings. The summed E-state index contributed by atoms with van der Waals surface area (Å²) in [4.78, 5) is 12.5. The highest BCUT2D eigenvalue weighted by atomic mass is 127. The normalized spacial score (nSPS) is 13.8. The lowest BCUT2D eigenvalue weighted by Gasteiger charge is -2.06. The first-order valence-corrected chi connectivity index (χ1v) is 12.4. The smallest absolute Gasteiger partial charge is 0.159 e. The van der Waals surface area contributed by atoms with Crippen LogP contribution in [-0.2, 0) is 0 Å². The van der Waals surface area contributed by atoms with Gasteiger partial charge in [0.25, 0.3) is 0 Å². The molecule has 4 heterocycles. The number of fused-ring (bicyclic) bond motifs is 2. The van der Waals surface area contributed by atoms with Gasteiger partial charge >= 0.3 is 0 Å². The van der Waals surface area contributed by atoms with Crippen molar-refractivity contribution < 1.29 is 4.39 Å². The third-order valence-corrected chi connectivity index (χ3v) is 7.47. The average Bonchev–Trinajstić information content (AvgIpc) is 3.43. The molecule has 3 aromatic heterocycles. The molecule has 1 aliphatic heterocycles. The van der Waals surface area contributed by atoms with Gasteiger partial charge in [0.05, 0.1) is 22.7 Å². The number of hydrogen-bond donors (Lipinski definition) is 3. The molecule has 5 aromatic rings. The molecule has 0 amide bonds. The molecule has 0 aliphatic carbocycles. The van der Waals surface area contributed by atoms with Crippen molar-refractivity contribution in [2.45, 2.75) is 0 Å². The van der Waals surface area contributed by atoms with Crippen LogP contribution in [0.25, 0.3) is 50.2 Å². The first-order chi connectivity index (χ1) is 15.7. The fraction of sp³-hybridized carbons (Fsp3) is 0. The number of rotatable bonds is 3. The number of imidazole rings is 1. The van der Waals surface area contributed by atoms with E-state index in [2.05, 4.69) is 40.4 Å². The Morgan fingerprint density at radius 2 is 1.81 bits per heavy atom. The summed E-state index contributed by atoms with van der Waals surface area (Å²) in [6.07, 6.45) is 5.49. The molecule has 0 saturated heterocycles. The van der Waals surface area contributed by atoms with Gasteiger partial charge in [-0.3, -0.25) is 10.1 Å². The second-order valence-electron chi connectivity index (χ2n) is 7.45. The van der Waals surface area contributed by atoms with Crippen LogP contribution in [0, 0.1) is 5.82 Å². The second kappa shape index (κ2) is 7.49. The van der Waals surface area contributed by atoms with Crippen molar-refractivity contribution in [3.8, 4) is 22.6 Å². The SMILES string of the molecule is NC1=CC(c2ccc3[nH]nc(-c4nc5c(-c6ccc(F)cc6)cncc5[nH]4)c3c2)=CI=C1. The molecule has 0 atom stereocenters. The maximum absolute atomic E-state index is 13.4. The van der Waals surface area contributed by atoms with E-state index in [1.165, 1.54) is 12.1 Å². The van der Waals surface area contributed by atoms with Crippen molar-refractivity contribution in [3.63, 3.8) is 0 Å². The van der Waals surface area contributed by atoms with Crippen molar-refractivity contribution in [2.75, 3.05) is 0 Å². The molecule has 2 aromatic carbocycles. The van der Waals surface area contributed by atoms with E-state index in [0.717, 1.165) is 55.6 Å². The first-order valence-electron chi connectivity index (χ1n) is 9.87. The topological polar surface area (TPSA) is 96.3 Å². The van der Waals surface area contributed by atoms with Gasteiger partial charge in [0.2, 0.25) is 0 Å². The lowest BCUT2D eigenvalue weighted by atomic mass is 10.0. The van der Waals surface area contributed by atoms with E-state index in [-0.39, 0.29) is 26.5 Å². The van der Waals surface area contributed by atoms with E-state index in [9.17, 15) is 4.39 Å². The van der Waals surface area contributed by atoms with E-state index in [1.54, 1.807) is 24.5 Å². The van der Waals surface area contributed by atoms with Gasteiger partial charge in [-0.1, -0.05) is 38.9 Å². The number of pyridine rings is 1. The predicted octanol–water partition coefficient (Wildman–Crippen LogP) is 5.28. The fourth-order valence-corrected chi connectivity index (χ4v) is 5.52. The van der Waals surface area contributed by atoms with Crippen LogP contribution < -0.4 is 5.73 Å². The summed E-state index contributed by atoms with van der Waals surface area (Å²) in [5.41, 5.74) is 14.0. The number of hydrogen-bond acceptors (Lipinski definition) is 4. The van der Waals surface area contributed by atoms with Crippen LogP contribution in [0.5, 0.6) is 0 Å². The lowest BCUT2D eigenvalue weighted by Crippen LogP contribution is -1.99. The number of nitrogens with zero attached hydrogens (tertiary/aromatic N) is 3. The Labute approximate surface area is 191 Å². The third-order valence-electron chi connectivity index (χ3n) is 5.36. The molecule has 0 spiro atoms. The average molecular weight is 534 g/mol. The standard InChI is InChI=1S/C24H16FIN6/c25-16-4-1-13(2-5-16)19-11-28-12-21-22(19)30-24(29-21)23-18-8-14(3-6-20(18)31-32-23)15-7-17(27)10-26-9-15/h1-12H,27H2,(H,29,30)(H,31,32). The Kier molecular flexibility index (Phi) is 4.46. The number of benzene rings is 2. The monoisotopic (exact) mass is 534 g/mol. The molecular formula is C24H16FIN6. The number of nitrogens with two attached hydrogens (primary N) is 1. The Morgan fingerprint density at radius 3 is 2.66 bits per heavy atom. The van der Waals surface area contributed by atoms with E-state index in [0.29, 0.717) is 5.82 Å². The minimum absolute atomic E-state index is 0.172. The molecule has 0 bridgehead atoms. The summed E-state index contributed by atoms with van der Waals surface area (Å²) in [6.45, 7) is 0. The number of allylic oxidation sites excluding steroid dienone is 3. The van der Waals surface area contributed by atoms with Gasteiger partial charge in [-0.15, -0.1) is 0 Å². The van der Waals surface area contributed by atoms with Gasteiger partial charge in [0.15, 0.2) is 5.82 Å². The molecule has 6 rings (SSSR count). The molecule has 32 heavy (non-hydrogen) atoms. The van der Waals surface area contributed by atoms with Crippen LogP contribution in [0.3, 0.4) is 0 Å². The summed E-state index contributed by atoms with van der Waals surface area (Å²) in [5, 5.41) is 8.60. The highest BCUT2D eigenvalue weighted by molar-refractivity contribution is 14.2. The van der Waals surface area contributed by atoms with Crippen LogP contribution in [0.1, 0.15) is 5.56 Å². The Bertz CT molecular complexity index is 1590. The predicted molar refractivity (Wildman–Crippen MR) is 135 cm³/mol. The van der Waals surface area contributed by atoms with Crippen LogP contribution in [0.15, 0.2) is 70.7 Å². The largest absolute Gasteiger partial charge is 0.398 e. The van der Waals surface area contributed by atoms with E-state index in [4.69, 9.17) is 10.7 Å². The van der Waals surface area contributed by atoms with Crippen molar-refractivity contribution >= 4 is 52.3 Å². The van der Waals surface area contributed by atoms with Crippen molar-refractivity contribution in [1.29, 1.82) is 0 Å². The summed E-state index contributed by atoms with van der Waals surface area (Å²) in [5.74, 6) is 0.369. The lowest BCUT2D eigenvalue weighted by molar-refractivity contribution is 0.628. The molecule has 156 valence electrons. The quantitative estimate of drug-likeness (QED) is 0.275. The van der Waals surface area contributed by atoms with Gasteiger partial charge in [0, 0.05) is 22.8 Å². The summed E-state index contributed by atoms with van der Waals surface area (Å²) in [6, 6.07) is 12.5. The van der Waals surface area contributed by atoms with Gasteiger partial charge in [-0.25, -0.2) is 9.37 Å². The van der Waals surface area contributed by atoms with E-state index in [1.807, 2.05) is 12.1 Å². The highest BCUT2D eigenvalue weighted by Crippen LogP contribution is 2.33. The molecule has 0 saturated carbocycles. The van der Waals surface area contributed by atoms with Gasteiger partial charge in [0.1, 0.15) is 11.5 Å². The molecule has 0 radical (unpaired) electrons. The third kappa shape index (κ3) is 3.23. The maximum Gasteiger partial charge on any atom is 0.159 e. The van der Waals surface area contributed by atoms with Crippen LogP contribution in [0.4, 0.5) is 4.39 Å². The van der Waals surface area contributed by atoms with Crippen LogP contribution in [-0.4, -0.2) is 29.2 Å². The Morgan fingerprint density at radius 1 is 0.969 bits per heavy atom. The first kappa shape index (κ1) is 19.1. The molecular weight excluding hydrogens is 518 g/mol. The number of aromatic nitrogens is 5. The maximum atomic E-state index is 13.4. The molecule has 0 unspecified atom stereocenters. The zero-order valence-corrected chi connectivity index (χ0v) is 18.8. The fourth-order valence-electron chi connectivity index (χ4n) is 3.82. The second-order valence-corrected chi connectivity index (χ2v) is 9.42. The van der Waals surface area contributed by atoms with Gasteiger partial charge in [-0.2, -0.15) is 5.10 Å². The van der Waals surface area contributed by atoms with E-state index >= 15 is 0 Å². The minimum atomic E-state index is -0.278. The van der Waals surface area contributed by atoms with Gasteiger partial charge < -0.3 is 10.7 Å².